The number of hydrogen-bond acceptors (Lipinski definition) is 1. The molecular weight excluding hydrogens is 280 g/mol. The summed E-state index contributed by atoms with van der Waals surface area (Å²) in [6, 6.07) is 4.02. The number of rotatable bonds is 3. The number of anilines is 1. The van der Waals surface area contributed by atoms with Gasteiger partial charge in [0.05, 0.1) is 0 Å². The quantitative estimate of drug-likeness (QED) is 0.870. The maximum absolute atomic E-state index is 11.7. The van der Waals surface area contributed by atoms with Crippen LogP contribution in [0.25, 0.3) is 0 Å². The zero-order valence-corrected chi connectivity index (χ0v) is 12.3. The van der Waals surface area contributed by atoms with E-state index in [9.17, 15) is 4.79 Å². The van der Waals surface area contributed by atoms with Crippen LogP contribution in [0.5, 0.6) is 0 Å². The van der Waals surface area contributed by atoms with Crippen LogP contribution < -0.4 is 10.6 Å². The second-order valence-electron chi connectivity index (χ2n) is 4.32. The second kappa shape index (κ2) is 6.05. The lowest BCUT2D eigenvalue weighted by atomic mass is 10.1. The first-order valence-corrected chi connectivity index (χ1v) is 6.57. The highest BCUT2D eigenvalue weighted by atomic mass is 79.9. The van der Waals surface area contributed by atoms with Crippen molar-refractivity contribution in [1.29, 1.82) is 0 Å². The average Bonchev–Trinajstić information content (AvgIpc) is 2.23. The van der Waals surface area contributed by atoms with Gasteiger partial charge in [-0.05, 0) is 50.5 Å². The monoisotopic (exact) mass is 298 g/mol. The van der Waals surface area contributed by atoms with Gasteiger partial charge in [-0.3, -0.25) is 0 Å². The van der Waals surface area contributed by atoms with E-state index in [1.165, 1.54) is 0 Å². The molecule has 0 heterocycles. The Morgan fingerprint density at radius 1 is 1.35 bits per heavy atom. The summed E-state index contributed by atoms with van der Waals surface area (Å²) in [5.41, 5.74) is 2.99. The molecular formula is C13H19BrN2O. The van der Waals surface area contributed by atoms with Crippen molar-refractivity contribution < 1.29 is 4.79 Å². The van der Waals surface area contributed by atoms with E-state index in [1.54, 1.807) is 0 Å². The van der Waals surface area contributed by atoms with E-state index in [2.05, 4.69) is 26.6 Å². The SMILES string of the molecule is CCC(C)NC(=O)Nc1c(C)cc(Br)cc1C. The van der Waals surface area contributed by atoms with Crippen LogP contribution in [-0.2, 0) is 0 Å². The van der Waals surface area contributed by atoms with Gasteiger partial charge >= 0.3 is 6.03 Å². The fraction of sp³-hybridized carbons (Fsp3) is 0.462. The molecule has 1 rings (SSSR count). The molecule has 1 unspecified atom stereocenters. The van der Waals surface area contributed by atoms with Crippen molar-refractivity contribution in [2.75, 3.05) is 5.32 Å². The Balaban J connectivity index is 2.78. The molecule has 0 spiro atoms. The molecule has 1 atom stereocenters. The lowest BCUT2D eigenvalue weighted by Gasteiger charge is -2.15. The van der Waals surface area contributed by atoms with Gasteiger partial charge in [-0.25, -0.2) is 4.79 Å². The van der Waals surface area contributed by atoms with Crippen molar-refractivity contribution >= 4 is 27.6 Å². The summed E-state index contributed by atoms with van der Waals surface area (Å²) in [4.78, 5) is 11.7. The molecule has 2 N–H and O–H groups in total. The van der Waals surface area contributed by atoms with Crippen LogP contribution in [0.2, 0.25) is 0 Å². The van der Waals surface area contributed by atoms with Gasteiger partial charge in [0.2, 0.25) is 0 Å². The van der Waals surface area contributed by atoms with Crippen LogP contribution in [0.3, 0.4) is 0 Å². The van der Waals surface area contributed by atoms with Gasteiger partial charge in [-0.1, -0.05) is 22.9 Å². The average molecular weight is 299 g/mol. The standard InChI is InChI=1S/C13H19BrN2O/c1-5-10(4)15-13(17)16-12-8(2)6-11(14)7-9(12)3/h6-7,10H,5H2,1-4H3,(H2,15,16,17). The van der Waals surface area contributed by atoms with Gasteiger partial charge < -0.3 is 10.6 Å². The van der Waals surface area contributed by atoms with Crippen LogP contribution in [0.4, 0.5) is 10.5 Å². The molecule has 2 amide bonds. The fourth-order valence-electron chi connectivity index (χ4n) is 1.58. The minimum absolute atomic E-state index is 0.145. The van der Waals surface area contributed by atoms with E-state index in [0.29, 0.717) is 0 Å². The predicted molar refractivity (Wildman–Crippen MR) is 75.5 cm³/mol. The van der Waals surface area contributed by atoms with Crippen LogP contribution in [0.15, 0.2) is 16.6 Å². The first-order chi connectivity index (χ1) is 7.93. The minimum Gasteiger partial charge on any atom is -0.335 e. The molecule has 0 saturated carbocycles. The van der Waals surface area contributed by atoms with Gasteiger partial charge in [-0.15, -0.1) is 0 Å². The second-order valence-corrected chi connectivity index (χ2v) is 5.24. The molecule has 1 aromatic rings. The molecule has 0 aliphatic carbocycles. The van der Waals surface area contributed by atoms with Gasteiger partial charge in [0, 0.05) is 16.2 Å². The Hall–Kier alpha value is -1.03. The molecule has 0 radical (unpaired) electrons. The molecule has 0 fully saturated rings. The molecule has 17 heavy (non-hydrogen) atoms. The summed E-state index contributed by atoms with van der Waals surface area (Å²) in [6.07, 6.45) is 0.922. The molecule has 0 aliphatic heterocycles. The highest BCUT2D eigenvalue weighted by molar-refractivity contribution is 9.10. The smallest absolute Gasteiger partial charge is 0.319 e. The van der Waals surface area contributed by atoms with Crippen LogP contribution in [0, 0.1) is 13.8 Å². The van der Waals surface area contributed by atoms with E-state index in [0.717, 1.165) is 27.7 Å². The van der Waals surface area contributed by atoms with Gasteiger partial charge in [-0.2, -0.15) is 0 Å². The summed E-state index contributed by atoms with van der Waals surface area (Å²) in [7, 11) is 0. The number of nitrogens with one attached hydrogen (secondary N) is 2. The number of carbonyl (C=O) groups excluding carboxylic acids is 1. The van der Waals surface area contributed by atoms with Crippen LogP contribution >= 0.6 is 15.9 Å². The normalized spacial score (nSPS) is 12.1. The number of carbonyl (C=O) groups is 1. The zero-order valence-electron chi connectivity index (χ0n) is 10.7. The maximum Gasteiger partial charge on any atom is 0.319 e. The first kappa shape index (κ1) is 14.0. The number of amides is 2. The Morgan fingerprint density at radius 2 is 1.88 bits per heavy atom. The fourth-order valence-corrected chi connectivity index (χ4v) is 2.27. The Morgan fingerprint density at radius 3 is 2.35 bits per heavy atom. The number of urea groups is 1. The highest BCUT2D eigenvalue weighted by Crippen LogP contribution is 2.24. The maximum atomic E-state index is 11.7. The summed E-state index contributed by atoms with van der Waals surface area (Å²) in [6.45, 7) is 8.00. The first-order valence-electron chi connectivity index (χ1n) is 5.78. The summed E-state index contributed by atoms with van der Waals surface area (Å²) < 4.78 is 1.03. The van der Waals surface area contributed by atoms with E-state index >= 15 is 0 Å². The topological polar surface area (TPSA) is 41.1 Å². The number of halogens is 1. The summed E-state index contributed by atoms with van der Waals surface area (Å²) in [5, 5.41) is 5.79. The van der Waals surface area contributed by atoms with Gasteiger partial charge in [0.15, 0.2) is 0 Å². The van der Waals surface area contributed by atoms with E-state index in [4.69, 9.17) is 0 Å². The molecule has 1 aromatic carbocycles. The van der Waals surface area contributed by atoms with Gasteiger partial charge in [0.1, 0.15) is 0 Å². The molecule has 3 nitrogen and oxygen atoms in total. The number of aryl methyl sites for hydroxylation is 2. The molecule has 4 heteroatoms. The number of hydrogen-bond donors (Lipinski definition) is 2. The number of benzene rings is 1. The van der Waals surface area contributed by atoms with Crippen molar-refractivity contribution in [3.8, 4) is 0 Å². The Bertz CT molecular complexity index is 395. The lowest BCUT2D eigenvalue weighted by molar-refractivity contribution is 0.249. The summed E-state index contributed by atoms with van der Waals surface area (Å²) >= 11 is 3.44. The molecule has 0 saturated heterocycles. The largest absolute Gasteiger partial charge is 0.335 e. The molecule has 0 aromatic heterocycles. The van der Waals surface area contributed by atoms with Gasteiger partial charge in [0.25, 0.3) is 0 Å². The Labute approximate surface area is 111 Å². The van der Waals surface area contributed by atoms with E-state index in [-0.39, 0.29) is 12.1 Å². The van der Waals surface area contributed by atoms with E-state index in [1.807, 2.05) is 39.8 Å². The lowest BCUT2D eigenvalue weighted by Crippen LogP contribution is -2.35. The van der Waals surface area contributed by atoms with E-state index < -0.39 is 0 Å². The van der Waals surface area contributed by atoms with Crippen molar-refractivity contribution in [2.24, 2.45) is 0 Å². The van der Waals surface area contributed by atoms with Crippen molar-refractivity contribution in [2.45, 2.75) is 40.2 Å². The minimum atomic E-state index is -0.145. The third-order valence-electron chi connectivity index (χ3n) is 2.73. The molecule has 94 valence electrons. The van der Waals surface area contributed by atoms with Crippen molar-refractivity contribution in [1.82, 2.24) is 5.32 Å². The third kappa shape index (κ3) is 4.04. The third-order valence-corrected chi connectivity index (χ3v) is 3.18. The van der Waals surface area contributed by atoms with Crippen molar-refractivity contribution in [3.63, 3.8) is 0 Å². The highest BCUT2D eigenvalue weighted by Gasteiger charge is 2.09. The molecule has 0 bridgehead atoms. The Kier molecular flexibility index (Phi) is 5.00. The van der Waals surface area contributed by atoms with Crippen LogP contribution in [-0.4, -0.2) is 12.1 Å². The zero-order chi connectivity index (χ0) is 13.0. The predicted octanol–water partition coefficient (Wildman–Crippen LogP) is 3.99. The van der Waals surface area contributed by atoms with Crippen molar-refractivity contribution in [3.05, 3.63) is 27.7 Å². The van der Waals surface area contributed by atoms with Crippen LogP contribution in [0.1, 0.15) is 31.4 Å². The summed E-state index contributed by atoms with van der Waals surface area (Å²) in [5.74, 6) is 0. The molecule has 0 aliphatic rings.